The van der Waals surface area contributed by atoms with Crippen molar-refractivity contribution in [3.63, 3.8) is 0 Å². The number of amides is 2. The van der Waals surface area contributed by atoms with Gasteiger partial charge < -0.3 is 15.2 Å². The smallest absolute Gasteiger partial charge is 0.253 e. The Morgan fingerprint density at radius 1 is 1.13 bits per heavy atom. The topological polar surface area (TPSA) is 88.9 Å². The number of anilines is 1. The van der Waals surface area contributed by atoms with E-state index < -0.39 is 0 Å². The number of aromatic nitrogens is 3. The fourth-order valence-electron chi connectivity index (χ4n) is 2.41. The summed E-state index contributed by atoms with van der Waals surface area (Å²) in [4.78, 5) is 24.5. The van der Waals surface area contributed by atoms with Crippen molar-refractivity contribution in [2.75, 3.05) is 11.1 Å². The molecule has 0 unspecified atom stereocenters. The number of halogens is 3. The maximum atomic E-state index is 12.3. The number of nitrogens with zero attached hydrogens (tertiary/aromatic N) is 3. The van der Waals surface area contributed by atoms with Crippen molar-refractivity contribution in [1.29, 1.82) is 0 Å². The van der Waals surface area contributed by atoms with Gasteiger partial charge in [0.05, 0.1) is 22.9 Å². The zero-order valence-electron chi connectivity index (χ0n) is 15.7. The van der Waals surface area contributed by atoms with Crippen LogP contribution in [0.25, 0.3) is 0 Å². The number of carbonyl (C=O) groups excluding carboxylic acids is 2. The molecule has 30 heavy (non-hydrogen) atoms. The average Bonchev–Trinajstić information content (AvgIpc) is 3.06. The number of nitrogens with one attached hydrogen (secondary N) is 2. The molecule has 0 spiro atoms. The molecule has 0 fully saturated rings. The summed E-state index contributed by atoms with van der Waals surface area (Å²) in [5.41, 5.74) is 1.06. The van der Waals surface area contributed by atoms with Crippen LogP contribution in [0.15, 0.2) is 47.6 Å². The summed E-state index contributed by atoms with van der Waals surface area (Å²) in [5, 5.41) is 15.1. The molecule has 0 aliphatic heterocycles. The van der Waals surface area contributed by atoms with E-state index in [0.717, 1.165) is 9.26 Å². The number of rotatable bonds is 7. The Morgan fingerprint density at radius 3 is 2.57 bits per heavy atom. The summed E-state index contributed by atoms with van der Waals surface area (Å²) in [6.07, 6.45) is 0. The van der Waals surface area contributed by atoms with E-state index in [4.69, 9.17) is 23.2 Å². The summed E-state index contributed by atoms with van der Waals surface area (Å²) in [5.74, 6) is 0.251. The van der Waals surface area contributed by atoms with Gasteiger partial charge in [-0.05, 0) is 65.1 Å². The van der Waals surface area contributed by atoms with Crippen molar-refractivity contribution in [3.8, 4) is 0 Å². The highest BCUT2D eigenvalue weighted by Gasteiger charge is 2.15. The molecule has 0 saturated heterocycles. The number of thioether (sulfide) groups is 1. The van der Waals surface area contributed by atoms with Crippen LogP contribution in [0, 0.1) is 3.57 Å². The van der Waals surface area contributed by atoms with Crippen LogP contribution in [0.3, 0.4) is 0 Å². The van der Waals surface area contributed by atoms with Crippen molar-refractivity contribution in [2.24, 2.45) is 7.05 Å². The normalized spacial score (nSPS) is 10.7. The first-order chi connectivity index (χ1) is 14.3. The molecule has 3 aromatic rings. The van der Waals surface area contributed by atoms with Gasteiger partial charge in [-0.25, -0.2) is 0 Å². The molecule has 0 aliphatic rings. The Hall–Kier alpha value is -1.82. The van der Waals surface area contributed by atoms with E-state index >= 15 is 0 Å². The molecule has 7 nitrogen and oxygen atoms in total. The van der Waals surface area contributed by atoms with Gasteiger partial charge in [-0.15, -0.1) is 10.2 Å². The third-order valence-corrected chi connectivity index (χ3v) is 6.26. The van der Waals surface area contributed by atoms with E-state index in [2.05, 4.69) is 43.4 Å². The van der Waals surface area contributed by atoms with Gasteiger partial charge in [0.15, 0.2) is 11.0 Å². The molecular formula is C19H16Cl2IN5O2S. The monoisotopic (exact) mass is 575 g/mol. The highest BCUT2D eigenvalue weighted by molar-refractivity contribution is 14.1. The van der Waals surface area contributed by atoms with Crippen LogP contribution < -0.4 is 10.6 Å². The fraction of sp³-hybridized carbons (Fsp3) is 0.158. The van der Waals surface area contributed by atoms with E-state index in [0.29, 0.717) is 21.6 Å². The van der Waals surface area contributed by atoms with Crippen LogP contribution in [0.5, 0.6) is 0 Å². The third kappa shape index (κ3) is 6.10. The predicted molar refractivity (Wildman–Crippen MR) is 127 cm³/mol. The molecule has 2 amide bonds. The van der Waals surface area contributed by atoms with Crippen LogP contribution in [0.2, 0.25) is 10.0 Å². The van der Waals surface area contributed by atoms with Crippen LogP contribution >= 0.6 is 57.6 Å². The Balaban J connectivity index is 1.53. The molecule has 11 heteroatoms. The lowest BCUT2D eigenvalue weighted by atomic mass is 10.2. The third-order valence-electron chi connectivity index (χ3n) is 3.97. The first-order valence-electron chi connectivity index (χ1n) is 8.63. The second kappa shape index (κ2) is 10.5. The lowest BCUT2D eigenvalue weighted by Crippen LogP contribution is -2.24. The Morgan fingerprint density at radius 2 is 1.87 bits per heavy atom. The Kier molecular flexibility index (Phi) is 7.98. The molecule has 156 valence electrons. The van der Waals surface area contributed by atoms with Crippen molar-refractivity contribution in [1.82, 2.24) is 20.1 Å². The first kappa shape index (κ1) is 22.9. The molecule has 0 saturated carbocycles. The van der Waals surface area contributed by atoms with Gasteiger partial charge in [0.1, 0.15) is 0 Å². The lowest BCUT2D eigenvalue weighted by molar-refractivity contribution is -0.113. The van der Waals surface area contributed by atoms with Gasteiger partial charge in [0, 0.05) is 21.3 Å². The highest BCUT2D eigenvalue weighted by atomic mass is 127. The molecule has 1 aromatic heterocycles. The molecule has 0 radical (unpaired) electrons. The maximum Gasteiger partial charge on any atom is 0.253 e. The molecule has 3 rings (SSSR count). The average molecular weight is 576 g/mol. The van der Waals surface area contributed by atoms with Crippen LogP contribution in [-0.4, -0.2) is 32.3 Å². The minimum Gasteiger partial charge on any atom is -0.345 e. The van der Waals surface area contributed by atoms with Crippen molar-refractivity contribution >= 4 is 75.1 Å². The standard InChI is InChI=1S/C19H16Cl2IN5O2S/c1-27-16(9-23-18(29)14-7-2-11(20)8-15(14)21)25-26-19(27)30-10-17(28)24-13-5-3-12(22)4-6-13/h2-8H,9-10H2,1H3,(H,23,29)(H,24,28). The van der Waals surface area contributed by atoms with Gasteiger partial charge in [0.2, 0.25) is 5.91 Å². The largest absolute Gasteiger partial charge is 0.345 e. The Labute approximate surface area is 201 Å². The van der Waals surface area contributed by atoms with Crippen molar-refractivity contribution in [3.05, 3.63) is 67.5 Å². The fourth-order valence-corrected chi connectivity index (χ4v) is 4.00. The van der Waals surface area contributed by atoms with E-state index in [1.807, 2.05) is 24.3 Å². The van der Waals surface area contributed by atoms with Crippen LogP contribution in [0.4, 0.5) is 5.69 Å². The SMILES string of the molecule is Cn1c(CNC(=O)c2ccc(Cl)cc2Cl)nnc1SCC(=O)Nc1ccc(I)cc1. The second-order valence-electron chi connectivity index (χ2n) is 6.11. The minimum atomic E-state index is -0.342. The van der Waals surface area contributed by atoms with E-state index in [-0.39, 0.29) is 29.1 Å². The number of hydrogen-bond donors (Lipinski definition) is 2. The van der Waals surface area contributed by atoms with E-state index in [1.165, 1.54) is 17.8 Å². The van der Waals surface area contributed by atoms with Gasteiger partial charge >= 0.3 is 0 Å². The molecular weight excluding hydrogens is 560 g/mol. The second-order valence-corrected chi connectivity index (χ2v) is 9.14. The van der Waals surface area contributed by atoms with E-state index in [1.54, 1.807) is 23.7 Å². The lowest BCUT2D eigenvalue weighted by Gasteiger charge is -2.08. The predicted octanol–water partition coefficient (Wildman–Crippen LogP) is 4.39. The van der Waals surface area contributed by atoms with E-state index in [9.17, 15) is 9.59 Å². The minimum absolute atomic E-state index is 0.142. The molecule has 1 heterocycles. The Bertz CT molecular complexity index is 1080. The highest BCUT2D eigenvalue weighted by Crippen LogP contribution is 2.21. The molecule has 0 bridgehead atoms. The molecule has 0 aliphatic carbocycles. The maximum absolute atomic E-state index is 12.3. The van der Waals surface area contributed by atoms with Crippen molar-refractivity contribution < 1.29 is 9.59 Å². The summed E-state index contributed by atoms with van der Waals surface area (Å²) < 4.78 is 2.82. The number of carbonyl (C=O) groups is 2. The van der Waals surface area contributed by atoms with Gasteiger partial charge in [-0.2, -0.15) is 0 Å². The first-order valence-corrected chi connectivity index (χ1v) is 11.4. The quantitative estimate of drug-likeness (QED) is 0.322. The van der Waals surface area contributed by atoms with Gasteiger partial charge in [-0.1, -0.05) is 35.0 Å². The molecule has 0 atom stereocenters. The summed E-state index contributed by atoms with van der Waals surface area (Å²) in [6.45, 7) is 0.163. The summed E-state index contributed by atoms with van der Waals surface area (Å²) in [7, 11) is 1.77. The number of hydrogen-bond acceptors (Lipinski definition) is 5. The van der Waals surface area contributed by atoms with Crippen molar-refractivity contribution in [2.45, 2.75) is 11.7 Å². The van der Waals surface area contributed by atoms with Gasteiger partial charge in [0.25, 0.3) is 5.91 Å². The summed E-state index contributed by atoms with van der Waals surface area (Å²) >= 11 is 15.4. The van der Waals surface area contributed by atoms with Crippen LogP contribution in [-0.2, 0) is 18.4 Å². The summed E-state index contributed by atoms with van der Waals surface area (Å²) in [6, 6.07) is 12.2. The van der Waals surface area contributed by atoms with Crippen LogP contribution in [0.1, 0.15) is 16.2 Å². The van der Waals surface area contributed by atoms with Gasteiger partial charge in [-0.3, -0.25) is 9.59 Å². The zero-order chi connectivity index (χ0) is 21.7. The molecule has 2 aromatic carbocycles. The molecule has 2 N–H and O–H groups in total. The number of benzene rings is 2. The zero-order valence-corrected chi connectivity index (χ0v) is 20.1.